The van der Waals surface area contributed by atoms with Crippen LogP contribution in [0.15, 0.2) is 12.4 Å². The fourth-order valence-corrected chi connectivity index (χ4v) is 2.81. The van der Waals surface area contributed by atoms with Crippen LogP contribution in [0.4, 0.5) is 10.6 Å². The molecule has 2 fully saturated rings. The van der Waals surface area contributed by atoms with E-state index in [1.807, 2.05) is 6.07 Å². The molecule has 3 heterocycles. The molecule has 2 saturated heterocycles. The molecule has 0 N–H and O–H groups in total. The predicted octanol–water partition coefficient (Wildman–Crippen LogP) is 0.448. The van der Waals surface area contributed by atoms with Gasteiger partial charge in [0.05, 0.1) is 19.8 Å². The Bertz CT molecular complexity index is 548. The zero-order valence-electron chi connectivity index (χ0n) is 13.6. The van der Waals surface area contributed by atoms with Gasteiger partial charge < -0.3 is 24.2 Å². The molecule has 8 heteroatoms. The van der Waals surface area contributed by atoms with Gasteiger partial charge in [0.1, 0.15) is 18.2 Å². The van der Waals surface area contributed by atoms with Gasteiger partial charge in [-0.15, -0.1) is 0 Å². The summed E-state index contributed by atoms with van der Waals surface area (Å²) >= 11 is 0. The van der Waals surface area contributed by atoms with Gasteiger partial charge in [0.25, 0.3) is 0 Å². The second-order valence-corrected chi connectivity index (χ2v) is 5.97. The van der Waals surface area contributed by atoms with E-state index in [2.05, 4.69) is 14.9 Å². The normalized spacial score (nSPS) is 21.4. The van der Waals surface area contributed by atoms with Crippen LogP contribution in [-0.2, 0) is 4.74 Å². The quantitative estimate of drug-likeness (QED) is 0.805. The summed E-state index contributed by atoms with van der Waals surface area (Å²) in [5, 5.41) is 0. The summed E-state index contributed by atoms with van der Waals surface area (Å²) in [6, 6.07) is 1.88. The number of rotatable bonds is 3. The monoisotopic (exact) mass is 321 g/mol. The number of carbonyl (C=O) groups is 1. The molecule has 23 heavy (non-hydrogen) atoms. The van der Waals surface area contributed by atoms with Crippen molar-refractivity contribution >= 4 is 11.8 Å². The van der Waals surface area contributed by atoms with Gasteiger partial charge in [0.2, 0.25) is 5.88 Å². The lowest BCUT2D eigenvalue weighted by Crippen LogP contribution is -2.38. The van der Waals surface area contributed by atoms with E-state index in [1.54, 1.807) is 23.9 Å². The molecule has 0 spiro atoms. The number of morpholine rings is 1. The first kappa shape index (κ1) is 15.8. The minimum absolute atomic E-state index is 0.0211. The Morgan fingerprint density at radius 3 is 2.83 bits per heavy atom. The lowest BCUT2D eigenvalue weighted by Gasteiger charge is -2.27. The summed E-state index contributed by atoms with van der Waals surface area (Å²) < 4.78 is 11.3. The molecule has 2 amide bonds. The maximum atomic E-state index is 12.0. The van der Waals surface area contributed by atoms with E-state index < -0.39 is 0 Å². The van der Waals surface area contributed by atoms with Crippen molar-refractivity contribution in [1.29, 1.82) is 0 Å². The van der Waals surface area contributed by atoms with E-state index >= 15 is 0 Å². The molecule has 8 nitrogen and oxygen atoms in total. The number of urea groups is 1. The number of carbonyl (C=O) groups excluding carboxylic acids is 1. The first-order valence-electron chi connectivity index (χ1n) is 7.91. The molecule has 1 unspecified atom stereocenters. The van der Waals surface area contributed by atoms with E-state index in [1.165, 1.54) is 6.33 Å². The van der Waals surface area contributed by atoms with Crippen LogP contribution in [0.2, 0.25) is 0 Å². The molecule has 1 aromatic heterocycles. The average Bonchev–Trinajstić information content (AvgIpc) is 3.03. The summed E-state index contributed by atoms with van der Waals surface area (Å²) in [5.74, 6) is 1.42. The van der Waals surface area contributed by atoms with Crippen LogP contribution in [0, 0.1) is 0 Å². The second-order valence-electron chi connectivity index (χ2n) is 5.97. The molecule has 2 aliphatic heterocycles. The van der Waals surface area contributed by atoms with Crippen LogP contribution in [-0.4, -0.2) is 85.4 Å². The fourth-order valence-electron chi connectivity index (χ4n) is 2.81. The van der Waals surface area contributed by atoms with Gasteiger partial charge in [-0.3, -0.25) is 0 Å². The van der Waals surface area contributed by atoms with Crippen molar-refractivity contribution in [3.63, 3.8) is 0 Å². The van der Waals surface area contributed by atoms with Crippen LogP contribution < -0.4 is 9.64 Å². The molecule has 0 aliphatic carbocycles. The van der Waals surface area contributed by atoms with Crippen molar-refractivity contribution in [3.05, 3.63) is 12.4 Å². The number of nitrogens with zero attached hydrogens (tertiary/aromatic N) is 5. The molecule has 1 atom stereocenters. The van der Waals surface area contributed by atoms with Crippen LogP contribution in [0.25, 0.3) is 0 Å². The molecule has 0 aromatic carbocycles. The van der Waals surface area contributed by atoms with Gasteiger partial charge in [0, 0.05) is 46.2 Å². The number of anilines is 1. The molecular weight excluding hydrogens is 298 g/mol. The Labute approximate surface area is 136 Å². The van der Waals surface area contributed by atoms with Crippen molar-refractivity contribution in [2.75, 3.05) is 58.4 Å². The van der Waals surface area contributed by atoms with Crippen molar-refractivity contribution in [1.82, 2.24) is 19.8 Å². The maximum Gasteiger partial charge on any atom is 0.319 e. The molecule has 0 saturated carbocycles. The topological polar surface area (TPSA) is 71.0 Å². The van der Waals surface area contributed by atoms with Crippen LogP contribution in [0.1, 0.15) is 6.42 Å². The molecule has 1 aromatic rings. The van der Waals surface area contributed by atoms with Crippen LogP contribution in [0.3, 0.4) is 0 Å². The third kappa shape index (κ3) is 3.82. The first-order valence-corrected chi connectivity index (χ1v) is 7.91. The summed E-state index contributed by atoms with van der Waals surface area (Å²) in [6.45, 7) is 4.38. The number of amides is 2. The van der Waals surface area contributed by atoms with Crippen molar-refractivity contribution < 1.29 is 14.3 Å². The molecule has 3 rings (SSSR count). The smallest absolute Gasteiger partial charge is 0.319 e. The van der Waals surface area contributed by atoms with Gasteiger partial charge >= 0.3 is 6.03 Å². The summed E-state index contributed by atoms with van der Waals surface area (Å²) in [5.41, 5.74) is 0. The Hall–Kier alpha value is -2.09. The third-order valence-electron chi connectivity index (χ3n) is 4.05. The SMILES string of the molecule is CN(C)C(=O)N1CCC(Oc2cc(N3CCOCC3)ncn2)C1. The maximum absolute atomic E-state index is 12.0. The minimum atomic E-state index is -0.0219. The van der Waals surface area contributed by atoms with Gasteiger partial charge in [-0.1, -0.05) is 0 Å². The Kier molecular flexibility index (Phi) is 4.80. The van der Waals surface area contributed by atoms with Gasteiger partial charge in [-0.25, -0.2) is 14.8 Å². The Morgan fingerprint density at radius 2 is 2.09 bits per heavy atom. The summed E-state index contributed by atoms with van der Waals surface area (Å²) in [7, 11) is 3.52. The molecule has 126 valence electrons. The highest BCUT2D eigenvalue weighted by atomic mass is 16.5. The van der Waals surface area contributed by atoms with Gasteiger partial charge in [0.15, 0.2) is 0 Å². The highest BCUT2D eigenvalue weighted by Crippen LogP contribution is 2.21. The molecule has 0 radical (unpaired) electrons. The van der Waals surface area contributed by atoms with Crippen molar-refractivity contribution in [2.24, 2.45) is 0 Å². The van der Waals surface area contributed by atoms with Gasteiger partial charge in [-0.05, 0) is 0 Å². The van der Waals surface area contributed by atoms with Gasteiger partial charge in [-0.2, -0.15) is 0 Å². The summed E-state index contributed by atoms with van der Waals surface area (Å²) in [6.07, 6.45) is 2.32. The second kappa shape index (κ2) is 6.99. The van der Waals surface area contributed by atoms with Crippen LogP contribution in [0.5, 0.6) is 5.88 Å². The fraction of sp³-hybridized carbons (Fsp3) is 0.667. The number of hydrogen-bond acceptors (Lipinski definition) is 6. The third-order valence-corrected chi connectivity index (χ3v) is 4.05. The Balaban J connectivity index is 1.59. The number of likely N-dealkylation sites (tertiary alicyclic amines) is 1. The predicted molar refractivity (Wildman–Crippen MR) is 84.8 cm³/mol. The molecular formula is C15H23N5O3. The lowest BCUT2D eigenvalue weighted by molar-refractivity contribution is 0.122. The highest BCUT2D eigenvalue weighted by Gasteiger charge is 2.29. The average molecular weight is 321 g/mol. The largest absolute Gasteiger partial charge is 0.472 e. The molecule has 2 aliphatic rings. The van der Waals surface area contributed by atoms with Crippen LogP contribution >= 0.6 is 0 Å². The van der Waals surface area contributed by atoms with Crippen molar-refractivity contribution in [3.8, 4) is 5.88 Å². The van der Waals surface area contributed by atoms with E-state index in [9.17, 15) is 4.79 Å². The summed E-state index contributed by atoms with van der Waals surface area (Å²) in [4.78, 5) is 26.0. The number of hydrogen-bond donors (Lipinski definition) is 0. The van der Waals surface area contributed by atoms with E-state index in [-0.39, 0.29) is 12.1 Å². The first-order chi connectivity index (χ1) is 11.1. The minimum Gasteiger partial charge on any atom is -0.472 e. The van der Waals surface area contributed by atoms with E-state index in [0.717, 1.165) is 25.3 Å². The zero-order valence-corrected chi connectivity index (χ0v) is 13.6. The standard InChI is InChI=1S/C15H23N5O3/c1-18(2)15(21)20-4-3-12(10-20)23-14-9-13(16-11-17-14)19-5-7-22-8-6-19/h9,11-12H,3-8,10H2,1-2H3. The Morgan fingerprint density at radius 1 is 1.30 bits per heavy atom. The van der Waals surface area contributed by atoms with E-state index in [4.69, 9.17) is 9.47 Å². The number of aromatic nitrogens is 2. The highest BCUT2D eigenvalue weighted by molar-refractivity contribution is 5.74. The lowest BCUT2D eigenvalue weighted by atomic mass is 10.3. The van der Waals surface area contributed by atoms with Crippen molar-refractivity contribution in [2.45, 2.75) is 12.5 Å². The van der Waals surface area contributed by atoms with E-state index in [0.29, 0.717) is 32.2 Å². The zero-order chi connectivity index (χ0) is 16.2. The molecule has 0 bridgehead atoms. The number of ether oxygens (including phenoxy) is 2.